The van der Waals surface area contributed by atoms with E-state index in [-0.39, 0.29) is 5.82 Å². The highest BCUT2D eigenvalue weighted by molar-refractivity contribution is 6.30. The number of ether oxygens (including phenoxy) is 2. The highest BCUT2D eigenvalue weighted by Gasteiger charge is 2.07. The minimum Gasteiger partial charge on any atom is -0.493 e. The molecular weight excluding hydrogens is 353 g/mol. The van der Waals surface area contributed by atoms with Crippen molar-refractivity contribution in [2.75, 3.05) is 12.4 Å². The molecular formula is C21H19ClFNO2. The van der Waals surface area contributed by atoms with Gasteiger partial charge in [-0.25, -0.2) is 4.39 Å². The molecule has 1 N–H and O–H groups in total. The van der Waals surface area contributed by atoms with Crippen molar-refractivity contribution < 1.29 is 13.9 Å². The maximum absolute atomic E-state index is 12.9. The highest BCUT2D eigenvalue weighted by atomic mass is 35.5. The first kappa shape index (κ1) is 18.1. The molecule has 0 amide bonds. The molecule has 0 radical (unpaired) electrons. The number of hydrogen-bond donors (Lipinski definition) is 1. The Morgan fingerprint density at radius 2 is 1.73 bits per heavy atom. The summed E-state index contributed by atoms with van der Waals surface area (Å²) in [6.07, 6.45) is 0. The molecule has 0 unspecified atom stereocenters. The molecule has 0 fully saturated rings. The summed E-state index contributed by atoms with van der Waals surface area (Å²) in [5, 5.41) is 3.93. The standard InChI is InChI=1S/C21H19ClFNO2/c1-25-21-12-15(13-24-19-8-6-18(23)7-9-19)5-10-20(21)26-14-16-3-2-4-17(22)11-16/h2-12,24H,13-14H2,1H3. The van der Waals surface area contributed by atoms with Crippen LogP contribution >= 0.6 is 11.6 Å². The third-order valence-corrected chi connectivity index (χ3v) is 4.09. The van der Waals surface area contributed by atoms with Crippen molar-refractivity contribution >= 4 is 17.3 Å². The van der Waals surface area contributed by atoms with Crippen LogP contribution in [0, 0.1) is 5.82 Å². The van der Waals surface area contributed by atoms with Crippen LogP contribution in [0.2, 0.25) is 5.02 Å². The second-order valence-corrected chi connectivity index (χ2v) is 6.20. The van der Waals surface area contributed by atoms with E-state index in [0.29, 0.717) is 29.7 Å². The second kappa shape index (κ2) is 8.59. The summed E-state index contributed by atoms with van der Waals surface area (Å²) in [6.45, 7) is 1.00. The molecule has 3 rings (SSSR count). The molecule has 26 heavy (non-hydrogen) atoms. The molecule has 0 aliphatic heterocycles. The van der Waals surface area contributed by atoms with Gasteiger partial charge in [0, 0.05) is 17.3 Å². The quantitative estimate of drug-likeness (QED) is 0.579. The van der Waals surface area contributed by atoms with Gasteiger partial charge in [-0.15, -0.1) is 0 Å². The van der Waals surface area contributed by atoms with Crippen molar-refractivity contribution in [2.45, 2.75) is 13.2 Å². The van der Waals surface area contributed by atoms with Crippen LogP contribution in [0.3, 0.4) is 0 Å². The van der Waals surface area contributed by atoms with Crippen LogP contribution in [0.25, 0.3) is 0 Å². The molecule has 0 heterocycles. The number of nitrogens with one attached hydrogen (secondary N) is 1. The van der Waals surface area contributed by atoms with Crippen LogP contribution in [0.1, 0.15) is 11.1 Å². The molecule has 0 saturated heterocycles. The Kier molecular flexibility index (Phi) is 5.97. The summed E-state index contributed by atoms with van der Waals surface area (Å²) < 4.78 is 24.2. The zero-order valence-corrected chi connectivity index (χ0v) is 15.1. The van der Waals surface area contributed by atoms with Crippen molar-refractivity contribution in [3.63, 3.8) is 0 Å². The summed E-state index contributed by atoms with van der Waals surface area (Å²) in [6, 6.07) is 19.6. The van der Waals surface area contributed by atoms with Crippen molar-refractivity contribution in [2.24, 2.45) is 0 Å². The predicted octanol–water partition coefficient (Wildman–Crippen LogP) is 5.68. The van der Waals surface area contributed by atoms with E-state index in [1.807, 2.05) is 42.5 Å². The van der Waals surface area contributed by atoms with Crippen LogP contribution in [0.4, 0.5) is 10.1 Å². The van der Waals surface area contributed by atoms with Crippen molar-refractivity contribution in [1.29, 1.82) is 0 Å². The maximum Gasteiger partial charge on any atom is 0.161 e. The molecule has 5 heteroatoms. The van der Waals surface area contributed by atoms with E-state index in [1.54, 1.807) is 19.2 Å². The molecule has 0 bridgehead atoms. The van der Waals surface area contributed by atoms with Gasteiger partial charge in [-0.3, -0.25) is 0 Å². The first-order valence-corrected chi connectivity index (χ1v) is 8.55. The molecule has 3 aromatic rings. The van der Waals surface area contributed by atoms with E-state index in [0.717, 1.165) is 16.8 Å². The molecule has 3 aromatic carbocycles. The van der Waals surface area contributed by atoms with Gasteiger partial charge in [-0.1, -0.05) is 29.8 Å². The Morgan fingerprint density at radius 3 is 2.46 bits per heavy atom. The Balaban J connectivity index is 1.64. The smallest absolute Gasteiger partial charge is 0.161 e. The minimum atomic E-state index is -0.251. The summed E-state index contributed by atoms with van der Waals surface area (Å²) >= 11 is 5.99. The minimum absolute atomic E-state index is 0.251. The van der Waals surface area contributed by atoms with Crippen molar-refractivity contribution in [3.8, 4) is 11.5 Å². The maximum atomic E-state index is 12.9. The van der Waals surface area contributed by atoms with Crippen molar-refractivity contribution in [3.05, 3.63) is 88.7 Å². The van der Waals surface area contributed by atoms with Gasteiger partial charge in [0.25, 0.3) is 0 Å². The van der Waals surface area contributed by atoms with Gasteiger partial charge >= 0.3 is 0 Å². The normalized spacial score (nSPS) is 10.4. The average molecular weight is 372 g/mol. The Bertz CT molecular complexity index is 868. The molecule has 134 valence electrons. The summed E-state index contributed by atoms with van der Waals surface area (Å²) in [5.74, 6) is 1.07. The van der Waals surface area contributed by atoms with Gasteiger partial charge in [0.05, 0.1) is 7.11 Å². The van der Waals surface area contributed by atoms with Gasteiger partial charge in [0.2, 0.25) is 0 Å². The molecule has 3 nitrogen and oxygen atoms in total. The van der Waals surface area contributed by atoms with Gasteiger partial charge in [0.15, 0.2) is 11.5 Å². The molecule has 0 atom stereocenters. The number of hydrogen-bond acceptors (Lipinski definition) is 3. The van der Waals surface area contributed by atoms with E-state index in [1.165, 1.54) is 12.1 Å². The Morgan fingerprint density at radius 1 is 0.923 bits per heavy atom. The molecule has 0 spiro atoms. The third-order valence-electron chi connectivity index (χ3n) is 3.85. The lowest BCUT2D eigenvalue weighted by Gasteiger charge is -2.13. The molecule has 0 aromatic heterocycles. The molecule has 0 saturated carbocycles. The van der Waals surface area contributed by atoms with Gasteiger partial charge < -0.3 is 14.8 Å². The van der Waals surface area contributed by atoms with Gasteiger partial charge in [-0.2, -0.15) is 0 Å². The van der Waals surface area contributed by atoms with E-state index < -0.39 is 0 Å². The fraction of sp³-hybridized carbons (Fsp3) is 0.143. The van der Waals surface area contributed by atoms with Crippen LogP contribution in [-0.4, -0.2) is 7.11 Å². The average Bonchev–Trinajstić information content (AvgIpc) is 2.66. The zero-order valence-electron chi connectivity index (χ0n) is 14.3. The number of rotatable bonds is 7. The zero-order chi connectivity index (χ0) is 18.4. The summed E-state index contributed by atoms with van der Waals surface area (Å²) in [7, 11) is 1.61. The number of halogens is 2. The summed E-state index contributed by atoms with van der Waals surface area (Å²) in [4.78, 5) is 0. The van der Waals surface area contributed by atoms with Gasteiger partial charge in [0.1, 0.15) is 12.4 Å². The van der Waals surface area contributed by atoms with E-state index in [9.17, 15) is 4.39 Å². The molecule has 0 aliphatic carbocycles. The van der Waals surface area contributed by atoms with Crippen LogP contribution in [0.5, 0.6) is 11.5 Å². The lowest BCUT2D eigenvalue weighted by molar-refractivity contribution is 0.284. The Hall–Kier alpha value is -2.72. The SMILES string of the molecule is COc1cc(CNc2ccc(F)cc2)ccc1OCc1cccc(Cl)c1. The number of benzene rings is 3. The van der Waals surface area contributed by atoms with E-state index in [4.69, 9.17) is 21.1 Å². The molecule has 0 aliphatic rings. The lowest BCUT2D eigenvalue weighted by atomic mass is 10.2. The van der Waals surface area contributed by atoms with Gasteiger partial charge in [-0.05, 0) is 59.7 Å². The van der Waals surface area contributed by atoms with Crippen LogP contribution in [0.15, 0.2) is 66.7 Å². The van der Waals surface area contributed by atoms with E-state index >= 15 is 0 Å². The van der Waals surface area contributed by atoms with Crippen LogP contribution < -0.4 is 14.8 Å². The predicted molar refractivity (Wildman–Crippen MR) is 103 cm³/mol. The largest absolute Gasteiger partial charge is 0.493 e. The van der Waals surface area contributed by atoms with Crippen molar-refractivity contribution in [1.82, 2.24) is 0 Å². The number of anilines is 1. The lowest BCUT2D eigenvalue weighted by Crippen LogP contribution is -2.02. The third kappa shape index (κ3) is 4.90. The fourth-order valence-corrected chi connectivity index (χ4v) is 2.71. The number of methoxy groups -OCH3 is 1. The highest BCUT2D eigenvalue weighted by Crippen LogP contribution is 2.29. The second-order valence-electron chi connectivity index (χ2n) is 5.76. The first-order chi connectivity index (χ1) is 12.6. The summed E-state index contributed by atoms with van der Waals surface area (Å²) in [5.41, 5.74) is 2.87. The Labute approximate surface area is 157 Å². The first-order valence-electron chi connectivity index (χ1n) is 8.17. The fourth-order valence-electron chi connectivity index (χ4n) is 2.50. The monoisotopic (exact) mass is 371 g/mol. The van der Waals surface area contributed by atoms with Crippen LogP contribution in [-0.2, 0) is 13.2 Å². The topological polar surface area (TPSA) is 30.5 Å². The van der Waals surface area contributed by atoms with E-state index in [2.05, 4.69) is 5.32 Å².